The third-order valence-electron chi connectivity index (χ3n) is 4.98. The predicted molar refractivity (Wildman–Crippen MR) is 128 cm³/mol. The van der Waals surface area contributed by atoms with Crippen molar-refractivity contribution < 1.29 is 4.79 Å². The summed E-state index contributed by atoms with van der Waals surface area (Å²) in [5.74, 6) is 0.795. The second kappa shape index (κ2) is 10.8. The first-order chi connectivity index (χ1) is 14.9. The number of thioether (sulfide) groups is 1. The van der Waals surface area contributed by atoms with Gasteiger partial charge in [0, 0.05) is 10.7 Å². The Bertz CT molecular complexity index is 1010. The molecule has 1 N–H and O–H groups in total. The van der Waals surface area contributed by atoms with Gasteiger partial charge in [0.2, 0.25) is 5.91 Å². The van der Waals surface area contributed by atoms with E-state index in [0.29, 0.717) is 17.3 Å². The Kier molecular flexibility index (Phi) is 8.12. The summed E-state index contributed by atoms with van der Waals surface area (Å²) in [6, 6.07) is 17.5. The van der Waals surface area contributed by atoms with E-state index in [4.69, 9.17) is 11.6 Å². The maximum atomic E-state index is 12.8. The van der Waals surface area contributed by atoms with Gasteiger partial charge in [-0.25, -0.2) is 0 Å². The molecule has 2 aromatic carbocycles. The summed E-state index contributed by atoms with van der Waals surface area (Å²) in [6.07, 6.45) is 0.912. The highest BCUT2D eigenvalue weighted by atomic mass is 35.5. The van der Waals surface area contributed by atoms with Crippen molar-refractivity contribution in [3.05, 3.63) is 71.0 Å². The zero-order valence-corrected chi connectivity index (χ0v) is 19.8. The van der Waals surface area contributed by atoms with Gasteiger partial charge < -0.3 is 9.88 Å². The highest BCUT2D eigenvalue weighted by molar-refractivity contribution is 8.00. The van der Waals surface area contributed by atoms with Crippen LogP contribution in [-0.2, 0) is 11.3 Å². The number of halogens is 1. The summed E-state index contributed by atoms with van der Waals surface area (Å²) in [4.78, 5) is 14.9. The Hall–Kier alpha value is -2.35. The average molecular weight is 458 g/mol. The van der Waals surface area contributed by atoms with E-state index in [1.54, 1.807) is 12.1 Å². The van der Waals surface area contributed by atoms with Crippen molar-refractivity contribution in [3.8, 4) is 0 Å². The standard InChI is InChI=1S/C23H28ClN5OS/c1-5-20(28(3)4)21-26-27-23(29(21)15-17-10-7-6-8-11-17)31-16(2)22(30)25-19-13-9-12-18(24)14-19/h6-14,16,20H,5,15H2,1-4H3,(H,25,30). The number of aromatic nitrogens is 3. The Morgan fingerprint density at radius 1 is 1.16 bits per heavy atom. The molecule has 0 aliphatic carbocycles. The number of rotatable bonds is 9. The molecule has 2 unspecified atom stereocenters. The van der Waals surface area contributed by atoms with Gasteiger partial charge in [0.05, 0.1) is 17.8 Å². The first kappa shape index (κ1) is 23.3. The minimum atomic E-state index is -0.356. The lowest BCUT2D eigenvalue weighted by atomic mass is 10.2. The molecule has 8 heteroatoms. The molecule has 0 bridgehead atoms. The number of carbonyl (C=O) groups is 1. The van der Waals surface area contributed by atoms with E-state index in [1.165, 1.54) is 11.8 Å². The topological polar surface area (TPSA) is 63.1 Å². The van der Waals surface area contributed by atoms with Crippen LogP contribution in [0.3, 0.4) is 0 Å². The van der Waals surface area contributed by atoms with Gasteiger partial charge in [-0.15, -0.1) is 10.2 Å². The van der Waals surface area contributed by atoms with Gasteiger partial charge in [-0.3, -0.25) is 9.69 Å². The van der Waals surface area contributed by atoms with Crippen LogP contribution in [0.15, 0.2) is 59.8 Å². The molecular formula is C23H28ClN5OS. The van der Waals surface area contributed by atoms with Crippen molar-refractivity contribution in [2.45, 2.75) is 43.3 Å². The SMILES string of the molecule is CCC(c1nnc(SC(C)C(=O)Nc2cccc(Cl)c2)n1Cc1ccccc1)N(C)C. The molecule has 0 saturated heterocycles. The zero-order chi connectivity index (χ0) is 22.4. The lowest BCUT2D eigenvalue weighted by Crippen LogP contribution is -2.25. The summed E-state index contributed by atoms with van der Waals surface area (Å²) < 4.78 is 2.12. The summed E-state index contributed by atoms with van der Waals surface area (Å²) in [5, 5.41) is 12.8. The number of carbonyl (C=O) groups excluding carboxylic acids is 1. The number of nitrogens with zero attached hydrogens (tertiary/aromatic N) is 4. The predicted octanol–water partition coefficient (Wildman–Crippen LogP) is 5.11. The Balaban J connectivity index is 1.83. The van der Waals surface area contributed by atoms with Crippen LogP contribution in [0.2, 0.25) is 5.02 Å². The Morgan fingerprint density at radius 3 is 2.55 bits per heavy atom. The lowest BCUT2D eigenvalue weighted by molar-refractivity contribution is -0.115. The molecule has 0 radical (unpaired) electrons. The third-order valence-corrected chi connectivity index (χ3v) is 6.30. The number of hydrogen-bond donors (Lipinski definition) is 1. The van der Waals surface area contributed by atoms with Crippen molar-refractivity contribution in [1.29, 1.82) is 0 Å². The molecule has 1 aromatic heterocycles. The second-order valence-electron chi connectivity index (χ2n) is 7.56. The normalized spacial score (nSPS) is 13.2. The van der Waals surface area contributed by atoms with Gasteiger partial charge in [-0.05, 0) is 51.2 Å². The molecule has 0 fully saturated rings. The largest absolute Gasteiger partial charge is 0.325 e. The van der Waals surface area contributed by atoms with Gasteiger partial charge in [0.25, 0.3) is 0 Å². The van der Waals surface area contributed by atoms with Crippen LogP contribution in [-0.4, -0.2) is 44.9 Å². The van der Waals surface area contributed by atoms with E-state index < -0.39 is 0 Å². The maximum absolute atomic E-state index is 12.8. The molecule has 1 amide bonds. The van der Waals surface area contributed by atoms with Crippen molar-refractivity contribution in [2.75, 3.05) is 19.4 Å². The summed E-state index contributed by atoms with van der Waals surface area (Å²) in [7, 11) is 4.09. The quantitative estimate of drug-likeness (QED) is 0.452. The highest BCUT2D eigenvalue weighted by Gasteiger charge is 2.25. The van der Waals surface area contributed by atoms with E-state index in [0.717, 1.165) is 23.0 Å². The van der Waals surface area contributed by atoms with Gasteiger partial charge in [-0.1, -0.05) is 66.7 Å². The number of benzene rings is 2. The minimum absolute atomic E-state index is 0.109. The molecule has 3 rings (SSSR count). The van der Waals surface area contributed by atoms with Crippen molar-refractivity contribution in [2.24, 2.45) is 0 Å². The molecule has 0 aliphatic rings. The molecule has 164 valence electrons. The molecule has 2 atom stereocenters. The van der Waals surface area contributed by atoms with Gasteiger partial charge in [-0.2, -0.15) is 0 Å². The van der Waals surface area contributed by atoms with E-state index in [-0.39, 0.29) is 17.2 Å². The average Bonchev–Trinajstić information content (AvgIpc) is 3.11. The molecule has 0 saturated carbocycles. The van der Waals surface area contributed by atoms with Crippen LogP contribution in [0.25, 0.3) is 0 Å². The lowest BCUT2D eigenvalue weighted by Gasteiger charge is -2.23. The van der Waals surface area contributed by atoms with Crippen LogP contribution >= 0.6 is 23.4 Å². The molecule has 31 heavy (non-hydrogen) atoms. The summed E-state index contributed by atoms with van der Waals surface area (Å²) in [6.45, 7) is 4.66. The molecule has 6 nitrogen and oxygen atoms in total. The minimum Gasteiger partial charge on any atom is -0.325 e. The molecule has 1 heterocycles. The first-order valence-electron chi connectivity index (χ1n) is 10.3. The van der Waals surface area contributed by atoms with E-state index in [9.17, 15) is 4.79 Å². The van der Waals surface area contributed by atoms with E-state index >= 15 is 0 Å². The maximum Gasteiger partial charge on any atom is 0.237 e. The van der Waals surface area contributed by atoms with Crippen LogP contribution < -0.4 is 5.32 Å². The summed E-state index contributed by atoms with van der Waals surface area (Å²) in [5.41, 5.74) is 1.84. The Morgan fingerprint density at radius 2 is 1.90 bits per heavy atom. The van der Waals surface area contributed by atoms with Gasteiger partial charge in [0.1, 0.15) is 0 Å². The number of anilines is 1. The van der Waals surface area contributed by atoms with Crippen molar-refractivity contribution in [1.82, 2.24) is 19.7 Å². The van der Waals surface area contributed by atoms with Crippen LogP contribution in [0.4, 0.5) is 5.69 Å². The van der Waals surface area contributed by atoms with Gasteiger partial charge in [0.15, 0.2) is 11.0 Å². The molecule has 3 aromatic rings. The van der Waals surface area contributed by atoms with E-state index in [2.05, 4.69) is 44.0 Å². The van der Waals surface area contributed by atoms with E-state index in [1.807, 2.05) is 51.4 Å². The number of nitrogens with one attached hydrogen (secondary N) is 1. The third kappa shape index (κ3) is 6.09. The first-order valence-corrected chi connectivity index (χ1v) is 11.5. The zero-order valence-electron chi connectivity index (χ0n) is 18.2. The fourth-order valence-corrected chi connectivity index (χ4v) is 4.39. The highest BCUT2D eigenvalue weighted by Crippen LogP contribution is 2.29. The molecule has 0 aliphatic heterocycles. The summed E-state index contributed by atoms with van der Waals surface area (Å²) >= 11 is 7.43. The molecule has 0 spiro atoms. The molecular weight excluding hydrogens is 430 g/mol. The Labute approximate surface area is 193 Å². The van der Waals surface area contributed by atoms with Crippen molar-refractivity contribution >= 4 is 35.0 Å². The second-order valence-corrected chi connectivity index (χ2v) is 9.30. The smallest absolute Gasteiger partial charge is 0.237 e. The fraction of sp³-hybridized carbons (Fsp3) is 0.348. The number of hydrogen-bond acceptors (Lipinski definition) is 5. The van der Waals surface area contributed by atoms with Gasteiger partial charge >= 0.3 is 0 Å². The van der Waals surface area contributed by atoms with Crippen LogP contribution in [0.1, 0.15) is 37.7 Å². The fourth-order valence-electron chi connectivity index (χ4n) is 3.35. The van der Waals surface area contributed by atoms with Crippen LogP contribution in [0.5, 0.6) is 0 Å². The number of amides is 1. The van der Waals surface area contributed by atoms with Crippen LogP contribution in [0, 0.1) is 0 Å². The van der Waals surface area contributed by atoms with Crippen molar-refractivity contribution in [3.63, 3.8) is 0 Å². The monoisotopic (exact) mass is 457 g/mol.